The summed E-state index contributed by atoms with van der Waals surface area (Å²) in [4.78, 5) is 2.51. The van der Waals surface area contributed by atoms with Gasteiger partial charge >= 0.3 is 0 Å². The molecule has 0 aromatic heterocycles. The summed E-state index contributed by atoms with van der Waals surface area (Å²) in [6.45, 7) is 13.1. The molecule has 1 atom stereocenters. The van der Waals surface area contributed by atoms with Gasteiger partial charge in [0.05, 0.1) is 6.61 Å². The lowest BCUT2D eigenvalue weighted by Gasteiger charge is -2.23. The second kappa shape index (κ2) is 10.4. The maximum atomic E-state index is 4.98. The fourth-order valence-electron chi connectivity index (χ4n) is 1.48. The Morgan fingerprint density at radius 2 is 2.00 bits per heavy atom. The van der Waals surface area contributed by atoms with Crippen LogP contribution in [0.2, 0.25) is 0 Å². The summed E-state index contributed by atoms with van der Waals surface area (Å²) in [7, 11) is 1.74. The molecular weight excluding hydrogens is 188 g/mol. The van der Waals surface area contributed by atoms with Crippen LogP contribution in [0.4, 0.5) is 0 Å². The summed E-state index contributed by atoms with van der Waals surface area (Å²) >= 11 is 0. The molecule has 0 aliphatic heterocycles. The monoisotopic (exact) mass is 216 g/mol. The molecule has 15 heavy (non-hydrogen) atoms. The van der Waals surface area contributed by atoms with Gasteiger partial charge in [-0.3, -0.25) is 0 Å². The van der Waals surface area contributed by atoms with Crippen LogP contribution in [0.25, 0.3) is 0 Å². The van der Waals surface area contributed by atoms with Gasteiger partial charge in [0.2, 0.25) is 0 Å². The van der Waals surface area contributed by atoms with Crippen LogP contribution in [0.3, 0.4) is 0 Å². The van der Waals surface area contributed by atoms with Gasteiger partial charge in [-0.05, 0) is 12.5 Å². The van der Waals surface area contributed by atoms with E-state index < -0.39 is 0 Å². The average Bonchev–Trinajstić information content (AvgIpc) is 2.26. The molecule has 0 saturated carbocycles. The minimum absolute atomic E-state index is 0.803. The van der Waals surface area contributed by atoms with Gasteiger partial charge in [-0.1, -0.05) is 27.2 Å². The Labute approximate surface area is 95.2 Å². The molecule has 1 unspecified atom stereocenters. The molecule has 0 spiro atoms. The second-order valence-electron chi connectivity index (χ2n) is 4.15. The van der Waals surface area contributed by atoms with E-state index in [0.717, 1.165) is 38.7 Å². The molecule has 3 nitrogen and oxygen atoms in total. The number of nitrogens with one attached hydrogen (secondary N) is 1. The predicted octanol–water partition coefficient (Wildman–Crippen LogP) is 1.59. The van der Waals surface area contributed by atoms with Crippen molar-refractivity contribution in [1.82, 2.24) is 10.2 Å². The van der Waals surface area contributed by atoms with Crippen LogP contribution in [0.15, 0.2) is 0 Å². The van der Waals surface area contributed by atoms with Gasteiger partial charge in [0.1, 0.15) is 0 Å². The first-order valence-corrected chi connectivity index (χ1v) is 6.16. The fourth-order valence-corrected chi connectivity index (χ4v) is 1.48. The Hall–Kier alpha value is -0.120. The molecule has 0 aliphatic carbocycles. The zero-order chi connectivity index (χ0) is 11.5. The first-order chi connectivity index (χ1) is 7.24. The van der Waals surface area contributed by atoms with Crippen molar-refractivity contribution in [2.75, 3.05) is 46.4 Å². The first kappa shape index (κ1) is 14.9. The fraction of sp³-hybridized carbons (Fsp3) is 1.00. The minimum Gasteiger partial charge on any atom is -0.383 e. The van der Waals surface area contributed by atoms with Gasteiger partial charge in [0.15, 0.2) is 0 Å². The van der Waals surface area contributed by atoms with Crippen molar-refractivity contribution < 1.29 is 4.74 Å². The highest BCUT2D eigenvalue weighted by Gasteiger charge is 2.06. The van der Waals surface area contributed by atoms with Gasteiger partial charge < -0.3 is 15.0 Å². The van der Waals surface area contributed by atoms with E-state index in [4.69, 9.17) is 4.74 Å². The third-order valence-corrected chi connectivity index (χ3v) is 2.80. The van der Waals surface area contributed by atoms with Crippen LogP contribution in [0.1, 0.15) is 27.2 Å². The van der Waals surface area contributed by atoms with Crippen molar-refractivity contribution in [3.8, 4) is 0 Å². The highest BCUT2D eigenvalue weighted by atomic mass is 16.5. The van der Waals surface area contributed by atoms with E-state index in [0.29, 0.717) is 0 Å². The van der Waals surface area contributed by atoms with Crippen LogP contribution in [0.5, 0.6) is 0 Å². The van der Waals surface area contributed by atoms with E-state index in [9.17, 15) is 0 Å². The maximum Gasteiger partial charge on any atom is 0.0587 e. The first-order valence-electron chi connectivity index (χ1n) is 6.16. The van der Waals surface area contributed by atoms with Crippen molar-refractivity contribution in [3.05, 3.63) is 0 Å². The van der Waals surface area contributed by atoms with E-state index in [1.807, 2.05) is 0 Å². The summed E-state index contributed by atoms with van der Waals surface area (Å²) in [5.41, 5.74) is 0. The lowest BCUT2D eigenvalue weighted by atomic mass is 10.1. The lowest BCUT2D eigenvalue weighted by molar-refractivity contribution is 0.195. The summed E-state index contributed by atoms with van der Waals surface area (Å²) in [6, 6.07) is 0. The molecule has 0 amide bonds. The molecule has 0 fully saturated rings. The average molecular weight is 216 g/mol. The maximum absolute atomic E-state index is 4.98. The normalized spacial score (nSPS) is 13.4. The number of hydrogen-bond donors (Lipinski definition) is 1. The molecule has 0 aromatic carbocycles. The quantitative estimate of drug-likeness (QED) is 0.561. The third-order valence-electron chi connectivity index (χ3n) is 2.80. The van der Waals surface area contributed by atoms with E-state index in [1.54, 1.807) is 7.11 Å². The van der Waals surface area contributed by atoms with Crippen molar-refractivity contribution >= 4 is 0 Å². The van der Waals surface area contributed by atoms with Crippen LogP contribution in [-0.4, -0.2) is 51.3 Å². The Morgan fingerprint density at radius 1 is 1.27 bits per heavy atom. The Balaban J connectivity index is 3.44. The van der Waals surface area contributed by atoms with Gasteiger partial charge in [0, 0.05) is 33.3 Å². The van der Waals surface area contributed by atoms with Crippen molar-refractivity contribution in [1.29, 1.82) is 0 Å². The SMILES string of the molecule is CCC(C)CN(CC)CCNCCOC. The lowest BCUT2D eigenvalue weighted by Crippen LogP contribution is -2.35. The minimum atomic E-state index is 0.803. The summed E-state index contributed by atoms with van der Waals surface area (Å²) in [6.07, 6.45) is 1.27. The standard InChI is InChI=1S/C12H28N2O/c1-5-12(3)11-14(6-2)9-7-13-8-10-15-4/h12-13H,5-11H2,1-4H3. The van der Waals surface area contributed by atoms with Crippen LogP contribution in [0, 0.1) is 5.92 Å². The van der Waals surface area contributed by atoms with Crippen LogP contribution < -0.4 is 5.32 Å². The molecule has 0 aromatic rings. The third kappa shape index (κ3) is 8.85. The Bertz CT molecular complexity index is 131. The number of rotatable bonds is 10. The molecular formula is C12H28N2O. The number of ether oxygens (including phenoxy) is 1. The molecule has 0 radical (unpaired) electrons. The van der Waals surface area contributed by atoms with Crippen LogP contribution >= 0.6 is 0 Å². The number of hydrogen-bond acceptors (Lipinski definition) is 3. The topological polar surface area (TPSA) is 24.5 Å². The number of likely N-dealkylation sites (N-methyl/N-ethyl adjacent to an activating group) is 1. The van der Waals surface area contributed by atoms with Gasteiger partial charge in [-0.15, -0.1) is 0 Å². The summed E-state index contributed by atoms with van der Waals surface area (Å²) < 4.78 is 4.98. The van der Waals surface area contributed by atoms with E-state index >= 15 is 0 Å². The number of nitrogens with zero attached hydrogens (tertiary/aromatic N) is 1. The smallest absolute Gasteiger partial charge is 0.0587 e. The molecule has 3 heteroatoms. The second-order valence-corrected chi connectivity index (χ2v) is 4.15. The zero-order valence-electron chi connectivity index (χ0n) is 10.9. The summed E-state index contributed by atoms with van der Waals surface area (Å²) in [5, 5.41) is 3.38. The van der Waals surface area contributed by atoms with Gasteiger partial charge in [-0.2, -0.15) is 0 Å². The highest BCUT2D eigenvalue weighted by molar-refractivity contribution is 4.61. The van der Waals surface area contributed by atoms with Crippen molar-refractivity contribution in [3.63, 3.8) is 0 Å². The summed E-state index contributed by atoms with van der Waals surface area (Å²) in [5.74, 6) is 0.809. The molecule has 92 valence electrons. The molecule has 1 N–H and O–H groups in total. The van der Waals surface area contributed by atoms with Crippen LogP contribution in [-0.2, 0) is 4.74 Å². The molecule has 0 saturated heterocycles. The molecule has 0 bridgehead atoms. The Morgan fingerprint density at radius 3 is 2.53 bits per heavy atom. The predicted molar refractivity (Wildman–Crippen MR) is 66.3 cm³/mol. The van der Waals surface area contributed by atoms with Crippen molar-refractivity contribution in [2.45, 2.75) is 27.2 Å². The van der Waals surface area contributed by atoms with Crippen molar-refractivity contribution in [2.24, 2.45) is 5.92 Å². The largest absolute Gasteiger partial charge is 0.383 e. The molecule has 0 aliphatic rings. The molecule has 0 heterocycles. The van der Waals surface area contributed by atoms with Gasteiger partial charge in [-0.25, -0.2) is 0 Å². The van der Waals surface area contributed by atoms with E-state index in [-0.39, 0.29) is 0 Å². The number of methoxy groups -OCH3 is 1. The molecule has 0 rings (SSSR count). The van der Waals surface area contributed by atoms with E-state index in [2.05, 4.69) is 31.0 Å². The van der Waals surface area contributed by atoms with E-state index in [1.165, 1.54) is 13.0 Å². The Kier molecular flexibility index (Phi) is 10.3. The zero-order valence-corrected chi connectivity index (χ0v) is 10.9. The highest BCUT2D eigenvalue weighted by Crippen LogP contribution is 2.03. The van der Waals surface area contributed by atoms with Gasteiger partial charge in [0.25, 0.3) is 0 Å².